The molecule has 0 bridgehead atoms. The van der Waals surface area contributed by atoms with Crippen LogP contribution in [0.4, 0.5) is 0 Å². The fraction of sp³-hybridized carbons (Fsp3) is 0.481. The summed E-state index contributed by atoms with van der Waals surface area (Å²) in [5.74, 6) is -0.506. The summed E-state index contributed by atoms with van der Waals surface area (Å²) in [5, 5.41) is 9.41. The molecule has 0 saturated carbocycles. The summed E-state index contributed by atoms with van der Waals surface area (Å²) < 4.78 is 0. The zero-order chi connectivity index (χ0) is 22.4. The Balaban J connectivity index is 1.33. The number of amides is 2. The summed E-state index contributed by atoms with van der Waals surface area (Å²) in [6.45, 7) is 2.69. The summed E-state index contributed by atoms with van der Waals surface area (Å²) in [5.41, 5.74) is 2.66. The van der Waals surface area contributed by atoms with Crippen molar-refractivity contribution in [2.75, 3.05) is 26.2 Å². The first-order valence-corrected chi connectivity index (χ1v) is 12.1. The van der Waals surface area contributed by atoms with Crippen LogP contribution in [0.1, 0.15) is 43.2 Å². The summed E-state index contributed by atoms with van der Waals surface area (Å²) >= 11 is 0. The maximum absolute atomic E-state index is 12.8. The van der Waals surface area contributed by atoms with Gasteiger partial charge in [-0.3, -0.25) is 9.59 Å². The highest BCUT2D eigenvalue weighted by atomic mass is 16.2. The Morgan fingerprint density at radius 3 is 1.75 bits per heavy atom. The number of rotatable bonds is 12. The SMILES string of the molecule is O=C(NCCCCc1ccccc1)C1CNCC[C@H]1C(=O)NCCCCc1ccccc1. The number of hydrogen-bond donors (Lipinski definition) is 3. The van der Waals surface area contributed by atoms with E-state index in [9.17, 15) is 9.59 Å². The third-order valence-electron chi connectivity index (χ3n) is 6.22. The average Bonchev–Trinajstić information content (AvgIpc) is 2.84. The highest BCUT2D eigenvalue weighted by Crippen LogP contribution is 2.20. The third-order valence-corrected chi connectivity index (χ3v) is 6.22. The van der Waals surface area contributed by atoms with Gasteiger partial charge < -0.3 is 16.0 Å². The lowest BCUT2D eigenvalue weighted by atomic mass is 9.85. The van der Waals surface area contributed by atoms with Crippen LogP contribution in [0, 0.1) is 11.8 Å². The summed E-state index contributed by atoms with van der Waals surface area (Å²) in [4.78, 5) is 25.5. The van der Waals surface area contributed by atoms with Crippen molar-refractivity contribution in [2.24, 2.45) is 11.8 Å². The molecule has 5 heteroatoms. The average molecular weight is 436 g/mol. The Hall–Kier alpha value is -2.66. The van der Waals surface area contributed by atoms with Crippen molar-refractivity contribution >= 4 is 11.8 Å². The molecular formula is C27H37N3O2. The van der Waals surface area contributed by atoms with Crippen LogP contribution in [0.5, 0.6) is 0 Å². The molecule has 1 aliphatic heterocycles. The van der Waals surface area contributed by atoms with Gasteiger partial charge in [0.1, 0.15) is 0 Å². The van der Waals surface area contributed by atoms with E-state index in [1.165, 1.54) is 11.1 Å². The number of benzene rings is 2. The number of aryl methyl sites for hydroxylation is 2. The molecule has 2 atom stereocenters. The van der Waals surface area contributed by atoms with E-state index in [4.69, 9.17) is 0 Å². The molecule has 0 radical (unpaired) electrons. The summed E-state index contributed by atoms with van der Waals surface area (Å²) in [6, 6.07) is 20.8. The van der Waals surface area contributed by atoms with Crippen LogP contribution >= 0.6 is 0 Å². The van der Waals surface area contributed by atoms with E-state index in [1.54, 1.807) is 0 Å². The molecule has 1 aliphatic rings. The standard InChI is InChI=1S/C27H37N3O2/c31-26(29-18-9-7-15-22-11-3-1-4-12-22)24-17-20-28-21-25(24)27(32)30-19-10-8-16-23-13-5-2-6-14-23/h1-6,11-14,24-25,28H,7-10,15-21H2,(H,29,31)(H,30,32)/t24-,25?/m1/s1. The Kier molecular flexibility index (Phi) is 10.3. The van der Waals surface area contributed by atoms with E-state index < -0.39 is 0 Å². The minimum Gasteiger partial charge on any atom is -0.356 e. The largest absolute Gasteiger partial charge is 0.356 e. The van der Waals surface area contributed by atoms with Gasteiger partial charge >= 0.3 is 0 Å². The minimum atomic E-state index is -0.290. The summed E-state index contributed by atoms with van der Waals surface area (Å²) in [7, 11) is 0. The quantitative estimate of drug-likeness (QED) is 0.447. The predicted molar refractivity (Wildman–Crippen MR) is 129 cm³/mol. The van der Waals surface area contributed by atoms with E-state index >= 15 is 0 Å². The molecule has 2 amide bonds. The molecule has 3 N–H and O–H groups in total. The number of carbonyl (C=O) groups is 2. The van der Waals surface area contributed by atoms with Gasteiger partial charge in [0.25, 0.3) is 0 Å². The lowest BCUT2D eigenvalue weighted by Gasteiger charge is -2.30. The van der Waals surface area contributed by atoms with Gasteiger partial charge in [-0.2, -0.15) is 0 Å². The van der Waals surface area contributed by atoms with Crippen molar-refractivity contribution in [2.45, 2.75) is 44.9 Å². The second-order valence-corrected chi connectivity index (χ2v) is 8.67. The van der Waals surface area contributed by atoms with Gasteiger partial charge in [-0.1, -0.05) is 60.7 Å². The van der Waals surface area contributed by atoms with Gasteiger partial charge in [-0.05, 0) is 62.6 Å². The van der Waals surface area contributed by atoms with Gasteiger partial charge in [0.2, 0.25) is 11.8 Å². The Morgan fingerprint density at radius 1 is 0.719 bits per heavy atom. The number of carbonyl (C=O) groups excluding carboxylic acids is 2. The smallest absolute Gasteiger partial charge is 0.225 e. The van der Waals surface area contributed by atoms with E-state index in [0.29, 0.717) is 26.1 Å². The molecular weight excluding hydrogens is 398 g/mol. The third kappa shape index (κ3) is 8.12. The first kappa shape index (κ1) is 24.0. The second kappa shape index (κ2) is 13.7. The Morgan fingerprint density at radius 2 is 1.22 bits per heavy atom. The van der Waals surface area contributed by atoms with Crippen molar-refractivity contribution in [1.82, 2.24) is 16.0 Å². The predicted octanol–water partition coefficient (Wildman–Crippen LogP) is 3.49. The van der Waals surface area contributed by atoms with Gasteiger partial charge in [-0.25, -0.2) is 0 Å². The van der Waals surface area contributed by atoms with Crippen molar-refractivity contribution in [3.05, 3.63) is 71.8 Å². The Bertz CT molecular complexity index is 741. The monoisotopic (exact) mass is 435 g/mol. The molecule has 1 fully saturated rings. The highest BCUT2D eigenvalue weighted by Gasteiger charge is 2.35. The van der Waals surface area contributed by atoms with Crippen LogP contribution < -0.4 is 16.0 Å². The zero-order valence-electron chi connectivity index (χ0n) is 19.0. The maximum atomic E-state index is 12.8. The topological polar surface area (TPSA) is 70.2 Å². The van der Waals surface area contributed by atoms with Crippen LogP contribution in [0.3, 0.4) is 0 Å². The lowest BCUT2D eigenvalue weighted by Crippen LogP contribution is -2.50. The van der Waals surface area contributed by atoms with Crippen molar-refractivity contribution in [1.29, 1.82) is 0 Å². The molecule has 1 saturated heterocycles. The molecule has 3 rings (SSSR count). The number of hydrogen-bond acceptors (Lipinski definition) is 3. The molecule has 1 heterocycles. The molecule has 2 aromatic rings. The molecule has 0 spiro atoms. The van der Waals surface area contributed by atoms with E-state index in [1.807, 2.05) is 12.1 Å². The van der Waals surface area contributed by atoms with Gasteiger partial charge in [-0.15, -0.1) is 0 Å². The molecule has 2 aromatic carbocycles. The maximum Gasteiger partial charge on any atom is 0.225 e. The fourth-order valence-corrected chi connectivity index (χ4v) is 4.33. The molecule has 32 heavy (non-hydrogen) atoms. The van der Waals surface area contributed by atoms with E-state index in [-0.39, 0.29) is 23.7 Å². The normalized spacial score (nSPS) is 18.1. The first-order chi connectivity index (χ1) is 15.7. The van der Waals surface area contributed by atoms with E-state index in [2.05, 4.69) is 64.5 Å². The summed E-state index contributed by atoms with van der Waals surface area (Å²) in [6.07, 6.45) is 6.74. The zero-order valence-corrected chi connectivity index (χ0v) is 19.0. The molecule has 0 aromatic heterocycles. The van der Waals surface area contributed by atoms with Crippen molar-refractivity contribution in [3.8, 4) is 0 Å². The van der Waals surface area contributed by atoms with Gasteiger partial charge in [0.15, 0.2) is 0 Å². The first-order valence-electron chi connectivity index (χ1n) is 12.1. The van der Waals surface area contributed by atoms with Crippen LogP contribution in [-0.4, -0.2) is 38.0 Å². The van der Waals surface area contributed by atoms with E-state index in [0.717, 1.165) is 45.1 Å². The highest BCUT2D eigenvalue weighted by molar-refractivity contribution is 5.88. The van der Waals surface area contributed by atoms with Crippen molar-refractivity contribution in [3.63, 3.8) is 0 Å². The number of nitrogens with one attached hydrogen (secondary N) is 3. The fourth-order valence-electron chi connectivity index (χ4n) is 4.33. The van der Waals surface area contributed by atoms with Gasteiger partial charge in [0, 0.05) is 19.6 Å². The van der Waals surface area contributed by atoms with Crippen LogP contribution in [0.2, 0.25) is 0 Å². The molecule has 1 unspecified atom stereocenters. The van der Waals surface area contributed by atoms with Crippen molar-refractivity contribution < 1.29 is 9.59 Å². The minimum absolute atomic E-state index is 0.00105. The lowest BCUT2D eigenvalue weighted by molar-refractivity contribution is -0.135. The molecule has 0 aliphatic carbocycles. The molecule has 172 valence electrons. The molecule has 5 nitrogen and oxygen atoms in total. The van der Waals surface area contributed by atoms with Crippen LogP contribution in [0.25, 0.3) is 0 Å². The van der Waals surface area contributed by atoms with Crippen LogP contribution in [0.15, 0.2) is 60.7 Å². The number of unbranched alkanes of at least 4 members (excludes halogenated alkanes) is 2. The van der Waals surface area contributed by atoms with Gasteiger partial charge in [0.05, 0.1) is 11.8 Å². The van der Waals surface area contributed by atoms with Crippen LogP contribution in [-0.2, 0) is 22.4 Å². The second-order valence-electron chi connectivity index (χ2n) is 8.67. The Labute approximate surface area is 192 Å². The number of piperidine rings is 1.